The molecule has 0 spiro atoms. The number of nitrogens with one attached hydrogen (secondary N) is 1. The van der Waals surface area contributed by atoms with Gasteiger partial charge in [0, 0.05) is 31.7 Å². The zero-order valence-electron chi connectivity index (χ0n) is 13.2. The van der Waals surface area contributed by atoms with E-state index in [1.807, 2.05) is 0 Å². The minimum Gasteiger partial charge on any atom is -0.311 e. The molecule has 2 rings (SSSR count). The minimum atomic E-state index is 0.780. The zero-order chi connectivity index (χ0) is 13.5. The summed E-state index contributed by atoms with van der Waals surface area (Å²) in [6.07, 6.45) is 12.9. The molecule has 2 nitrogen and oxygen atoms in total. The summed E-state index contributed by atoms with van der Waals surface area (Å²) in [6, 6.07) is 1.57. The maximum atomic E-state index is 3.80. The molecule has 19 heavy (non-hydrogen) atoms. The fraction of sp³-hybridized carbons (Fsp3) is 1.00. The molecule has 1 heterocycles. The molecule has 0 bridgehead atoms. The molecule has 2 atom stereocenters. The summed E-state index contributed by atoms with van der Waals surface area (Å²) in [4.78, 5) is 2.76. The predicted molar refractivity (Wildman–Crippen MR) is 83.5 cm³/mol. The summed E-state index contributed by atoms with van der Waals surface area (Å²) >= 11 is 0. The first-order valence-electron chi connectivity index (χ1n) is 8.78. The third-order valence-corrected chi connectivity index (χ3v) is 5.30. The van der Waals surface area contributed by atoms with Crippen LogP contribution in [-0.4, -0.2) is 36.6 Å². The summed E-state index contributed by atoms with van der Waals surface area (Å²) in [5.74, 6) is 0.958. The van der Waals surface area contributed by atoms with Crippen LogP contribution < -0.4 is 5.32 Å². The van der Waals surface area contributed by atoms with Gasteiger partial charge in [-0.05, 0) is 32.1 Å². The van der Waals surface area contributed by atoms with E-state index in [2.05, 4.69) is 24.1 Å². The van der Waals surface area contributed by atoms with E-state index in [-0.39, 0.29) is 0 Å². The van der Waals surface area contributed by atoms with Gasteiger partial charge in [0.05, 0.1) is 0 Å². The van der Waals surface area contributed by atoms with Gasteiger partial charge >= 0.3 is 0 Å². The van der Waals surface area contributed by atoms with Crippen LogP contribution in [0, 0.1) is 5.92 Å². The van der Waals surface area contributed by atoms with Crippen molar-refractivity contribution in [1.29, 1.82) is 0 Å². The first-order valence-corrected chi connectivity index (χ1v) is 8.78. The van der Waals surface area contributed by atoms with Gasteiger partial charge in [0.15, 0.2) is 0 Å². The van der Waals surface area contributed by atoms with Crippen LogP contribution >= 0.6 is 0 Å². The molecule has 0 radical (unpaired) electrons. The predicted octanol–water partition coefficient (Wildman–Crippen LogP) is 3.81. The average molecular weight is 266 g/mol. The highest BCUT2D eigenvalue weighted by Gasteiger charge is 2.29. The van der Waals surface area contributed by atoms with Crippen molar-refractivity contribution in [2.75, 3.05) is 19.6 Å². The lowest BCUT2D eigenvalue weighted by molar-refractivity contribution is 0.109. The van der Waals surface area contributed by atoms with Crippen LogP contribution in [0.3, 0.4) is 0 Å². The van der Waals surface area contributed by atoms with Crippen LogP contribution in [0.5, 0.6) is 0 Å². The van der Waals surface area contributed by atoms with E-state index in [1.165, 1.54) is 77.4 Å². The maximum absolute atomic E-state index is 3.80. The number of piperazine rings is 1. The number of hydrogen-bond acceptors (Lipinski definition) is 2. The van der Waals surface area contributed by atoms with Gasteiger partial charge in [-0.25, -0.2) is 0 Å². The van der Waals surface area contributed by atoms with Gasteiger partial charge in [0.1, 0.15) is 0 Å². The normalized spacial score (nSPS) is 28.4. The number of unbranched alkanes of at least 4 members (excludes halogenated alkanes) is 2. The fourth-order valence-electron chi connectivity index (χ4n) is 3.93. The van der Waals surface area contributed by atoms with Gasteiger partial charge in [-0.15, -0.1) is 0 Å². The first kappa shape index (κ1) is 15.3. The Labute approximate surface area is 120 Å². The van der Waals surface area contributed by atoms with Crippen LogP contribution in [0.25, 0.3) is 0 Å². The number of hydrogen-bond donors (Lipinski definition) is 1. The minimum absolute atomic E-state index is 0.780. The molecule has 1 N–H and O–H groups in total. The zero-order valence-corrected chi connectivity index (χ0v) is 13.2. The molecule has 0 aromatic rings. The van der Waals surface area contributed by atoms with Crippen molar-refractivity contribution >= 4 is 0 Å². The Balaban J connectivity index is 1.75. The molecule has 1 aliphatic heterocycles. The van der Waals surface area contributed by atoms with Crippen LogP contribution in [0.15, 0.2) is 0 Å². The quantitative estimate of drug-likeness (QED) is 0.736. The lowest BCUT2D eigenvalue weighted by atomic mass is 9.83. The third-order valence-electron chi connectivity index (χ3n) is 5.30. The Morgan fingerprint density at radius 3 is 2.68 bits per heavy atom. The summed E-state index contributed by atoms with van der Waals surface area (Å²) in [5.41, 5.74) is 0. The van der Waals surface area contributed by atoms with Gasteiger partial charge in [-0.3, -0.25) is 4.90 Å². The lowest BCUT2D eigenvalue weighted by Gasteiger charge is -2.41. The standard InChI is InChI=1S/C17H34N2/c1-3-4-6-9-15(2)19-13-12-18-17(14-19)16-10-7-5-8-11-16/h15-18H,3-14H2,1-2H3. The van der Waals surface area contributed by atoms with Gasteiger partial charge < -0.3 is 5.32 Å². The molecule has 2 fully saturated rings. The maximum Gasteiger partial charge on any atom is 0.0223 e. The molecule has 1 aliphatic carbocycles. The van der Waals surface area contributed by atoms with Gasteiger partial charge in [-0.2, -0.15) is 0 Å². The van der Waals surface area contributed by atoms with E-state index in [0.717, 1.165) is 18.0 Å². The van der Waals surface area contributed by atoms with Crippen LogP contribution in [0.2, 0.25) is 0 Å². The van der Waals surface area contributed by atoms with E-state index in [9.17, 15) is 0 Å². The molecular weight excluding hydrogens is 232 g/mol. The SMILES string of the molecule is CCCCCC(C)N1CCNC(C2CCCCC2)C1. The van der Waals surface area contributed by atoms with Crippen LogP contribution in [-0.2, 0) is 0 Å². The highest BCUT2D eigenvalue weighted by molar-refractivity contribution is 4.87. The van der Waals surface area contributed by atoms with E-state index < -0.39 is 0 Å². The number of rotatable bonds is 6. The molecule has 2 heteroatoms. The second-order valence-corrected chi connectivity index (χ2v) is 6.80. The molecule has 1 saturated heterocycles. The summed E-state index contributed by atoms with van der Waals surface area (Å²) in [7, 11) is 0. The van der Waals surface area contributed by atoms with E-state index in [0.29, 0.717) is 0 Å². The first-order chi connectivity index (χ1) is 9.31. The van der Waals surface area contributed by atoms with Crippen molar-refractivity contribution in [1.82, 2.24) is 10.2 Å². The average Bonchev–Trinajstić information content (AvgIpc) is 2.48. The van der Waals surface area contributed by atoms with Crippen molar-refractivity contribution < 1.29 is 0 Å². The Morgan fingerprint density at radius 1 is 1.16 bits per heavy atom. The highest BCUT2D eigenvalue weighted by Crippen LogP contribution is 2.28. The fourth-order valence-corrected chi connectivity index (χ4v) is 3.93. The van der Waals surface area contributed by atoms with E-state index in [4.69, 9.17) is 0 Å². The molecule has 1 saturated carbocycles. The van der Waals surface area contributed by atoms with Crippen molar-refractivity contribution in [3.63, 3.8) is 0 Å². The largest absolute Gasteiger partial charge is 0.311 e. The molecule has 2 aliphatic rings. The van der Waals surface area contributed by atoms with Crippen molar-refractivity contribution in [2.24, 2.45) is 5.92 Å². The van der Waals surface area contributed by atoms with Crippen molar-refractivity contribution in [2.45, 2.75) is 83.7 Å². The van der Waals surface area contributed by atoms with Gasteiger partial charge in [0.2, 0.25) is 0 Å². The van der Waals surface area contributed by atoms with E-state index in [1.54, 1.807) is 0 Å². The second kappa shape index (κ2) is 8.26. The number of nitrogens with zero attached hydrogens (tertiary/aromatic N) is 1. The van der Waals surface area contributed by atoms with Gasteiger partial charge in [0.25, 0.3) is 0 Å². The Morgan fingerprint density at radius 2 is 1.95 bits per heavy atom. The smallest absolute Gasteiger partial charge is 0.0223 e. The van der Waals surface area contributed by atoms with Crippen LogP contribution in [0.1, 0.15) is 71.6 Å². The third kappa shape index (κ3) is 4.75. The van der Waals surface area contributed by atoms with Crippen LogP contribution in [0.4, 0.5) is 0 Å². The molecule has 112 valence electrons. The molecule has 0 amide bonds. The van der Waals surface area contributed by atoms with Crippen molar-refractivity contribution in [3.05, 3.63) is 0 Å². The summed E-state index contributed by atoms with van der Waals surface area (Å²) < 4.78 is 0. The molecule has 2 unspecified atom stereocenters. The van der Waals surface area contributed by atoms with E-state index >= 15 is 0 Å². The Bertz CT molecular complexity index is 235. The Hall–Kier alpha value is -0.0800. The molecular formula is C17H34N2. The molecule has 0 aromatic carbocycles. The van der Waals surface area contributed by atoms with Crippen molar-refractivity contribution in [3.8, 4) is 0 Å². The second-order valence-electron chi connectivity index (χ2n) is 6.80. The monoisotopic (exact) mass is 266 g/mol. The molecule has 0 aromatic heterocycles. The summed E-state index contributed by atoms with van der Waals surface area (Å²) in [5, 5.41) is 3.80. The topological polar surface area (TPSA) is 15.3 Å². The summed E-state index contributed by atoms with van der Waals surface area (Å²) in [6.45, 7) is 8.52. The highest BCUT2D eigenvalue weighted by atomic mass is 15.2. The Kier molecular flexibility index (Phi) is 6.66. The van der Waals surface area contributed by atoms with Gasteiger partial charge in [-0.1, -0.05) is 45.4 Å². The lowest BCUT2D eigenvalue weighted by Crippen LogP contribution is -2.56.